The predicted molar refractivity (Wildman–Crippen MR) is 94.2 cm³/mol. The van der Waals surface area contributed by atoms with Crippen molar-refractivity contribution < 1.29 is 9.53 Å². The second-order valence-electron chi connectivity index (χ2n) is 6.53. The number of carbonyl (C=O) groups excluding carboxylic acids is 1. The standard InChI is InChI=1S/C18H26N2O2.ClH/c1-14-5-2-3-7-16(14)18(8-11-22-12-9-18)17(21)20-15-6-4-10-19-13-15;/h2-3,5,7,15,19H,4,6,8-13H2,1H3,(H,20,21);1H/t15-;/m0./s1. The van der Waals surface area contributed by atoms with E-state index in [0.29, 0.717) is 13.2 Å². The van der Waals surface area contributed by atoms with E-state index in [1.54, 1.807) is 0 Å². The molecule has 0 aliphatic carbocycles. The summed E-state index contributed by atoms with van der Waals surface area (Å²) in [7, 11) is 0. The second-order valence-corrected chi connectivity index (χ2v) is 6.53. The molecule has 5 heteroatoms. The van der Waals surface area contributed by atoms with Gasteiger partial charge in [0.1, 0.15) is 0 Å². The van der Waals surface area contributed by atoms with Crippen molar-refractivity contribution in [1.29, 1.82) is 0 Å². The summed E-state index contributed by atoms with van der Waals surface area (Å²) in [5.41, 5.74) is 1.93. The molecule has 0 saturated carbocycles. The average Bonchev–Trinajstić information content (AvgIpc) is 2.57. The van der Waals surface area contributed by atoms with Crippen LogP contribution in [0.25, 0.3) is 0 Å². The van der Waals surface area contributed by atoms with Gasteiger partial charge >= 0.3 is 0 Å². The van der Waals surface area contributed by atoms with Crippen molar-refractivity contribution in [3.63, 3.8) is 0 Å². The van der Waals surface area contributed by atoms with Crippen molar-refractivity contribution in [2.45, 2.75) is 44.1 Å². The van der Waals surface area contributed by atoms with Crippen molar-refractivity contribution >= 4 is 18.3 Å². The van der Waals surface area contributed by atoms with Crippen LogP contribution in [0.3, 0.4) is 0 Å². The van der Waals surface area contributed by atoms with Crippen LogP contribution in [0.15, 0.2) is 24.3 Å². The van der Waals surface area contributed by atoms with E-state index in [1.165, 1.54) is 11.1 Å². The van der Waals surface area contributed by atoms with Gasteiger partial charge in [0.05, 0.1) is 5.41 Å². The Labute approximate surface area is 144 Å². The number of hydrogen-bond acceptors (Lipinski definition) is 3. The highest BCUT2D eigenvalue weighted by Crippen LogP contribution is 2.37. The van der Waals surface area contributed by atoms with E-state index in [0.717, 1.165) is 38.8 Å². The Bertz CT molecular complexity index is 524. The normalized spacial score (nSPS) is 23.6. The molecule has 2 saturated heterocycles. The van der Waals surface area contributed by atoms with Crippen LogP contribution in [-0.4, -0.2) is 38.3 Å². The van der Waals surface area contributed by atoms with E-state index < -0.39 is 5.41 Å². The Kier molecular flexibility index (Phi) is 6.45. The summed E-state index contributed by atoms with van der Waals surface area (Å²) in [6, 6.07) is 8.54. The molecular formula is C18H27ClN2O2. The summed E-state index contributed by atoms with van der Waals surface area (Å²) in [5.74, 6) is 0.179. The fourth-order valence-electron chi connectivity index (χ4n) is 3.75. The van der Waals surface area contributed by atoms with Gasteiger partial charge in [-0.2, -0.15) is 0 Å². The Balaban J connectivity index is 0.00000192. The molecule has 0 unspecified atom stereocenters. The number of carbonyl (C=O) groups is 1. The lowest BCUT2D eigenvalue weighted by molar-refractivity contribution is -0.131. The first-order chi connectivity index (χ1) is 10.7. The third-order valence-corrected chi connectivity index (χ3v) is 5.07. The Morgan fingerprint density at radius 1 is 1.30 bits per heavy atom. The molecule has 2 N–H and O–H groups in total. The lowest BCUT2D eigenvalue weighted by atomic mass is 9.71. The van der Waals surface area contributed by atoms with Gasteiger partial charge in [0.2, 0.25) is 5.91 Å². The van der Waals surface area contributed by atoms with Gasteiger partial charge in [-0.05, 0) is 50.3 Å². The molecule has 1 amide bonds. The Hall–Kier alpha value is -1.10. The molecule has 23 heavy (non-hydrogen) atoms. The monoisotopic (exact) mass is 338 g/mol. The van der Waals surface area contributed by atoms with Gasteiger partial charge in [-0.15, -0.1) is 12.4 Å². The zero-order chi connectivity index (χ0) is 15.4. The molecule has 2 aliphatic heterocycles. The molecule has 128 valence electrons. The number of rotatable bonds is 3. The minimum atomic E-state index is -0.430. The number of halogens is 1. The van der Waals surface area contributed by atoms with Crippen molar-refractivity contribution in [3.05, 3.63) is 35.4 Å². The van der Waals surface area contributed by atoms with Crippen LogP contribution < -0.4 is 10.6 Å². The van der Waals surface area contributed by atoms with E-state index in [9.17, 15) is 4.79 Å². The van der Waals surface area contributed by atoms with Crippen molar-refractivity contribution in [2.24, 2.45) is 0 Å². The van der Waals surface area contributed by atoms with E-state index in [1.807, 2.05) is 12.1 Å². The third-order valence-electron chi connectivity index (χ3n) is 5.07. The fourth-order valence-corrected chi connectivity index (χ4v) is 3.75. The lowest BCUT2D eigenvalue weighted by Crippen LogP contribution is -2.54. The van der Waals surface area contributed by atoms with Gasteiger partial charge in [0, 0.05) is 25.8 Å². The summed E-state index contributed by atoms with van der Waals surface area (Å²) < 4.78 is 5.53. The van der Waals surface area contributed by atoms with E-state index in [4.69, 9.17) is 4.74 Å². The number of benzene rings is 1. The molecule has 2 fully saturated rings. The summed E-state index contributed by atoms with van der Waals surface area (Å²) in [4.78, 5) is 13.1. The number of piperidine rings is 1. The molecule has 0 bridgehead atoms. The predicted octanol–water partition coefficient (Wildman–Crippen LogP) is 2.33. The van der Waals surface area contributed by atoms with Gasteiger partial charge < -0.3 is 15.4 Å². The van der Waals surface area contributed by atoms with E-state index in [-0.39, 0.29) is 24.4 Å². The highest BCUT2D eigenvalue weighted by atomic mass is 35.5. The number of ether oxygens (including phenoxy) is 1. The zero-order valence-corrected chi connectivity index (χ0v) is 14.6. The maximum atomic E-state index is 13.1. The van der Waals surface area contributed by atoms with E-state index in [2.05, 4.69) is 29.7 Å². The molecule has 0 radical (unpaired) electrons. The van der Waals surface area contributed by atoms with Crippen molar-refractivity contribution in [2.75, 3.05) is 26.3 Å². The maximum Gasteiger partial charge on any atom is 0.231 e. The van der Waals surface area contributed by atoms with Crippen LogP contribution >= 0.6 is 12.4 Å². The van der Waals surface area contributed by atoms with Crippen LogP contribution in [0.5, 0.6) is 0 Å². The summed E-state index contributed by atoms with van der Waals surface area (Å²) in [6.07, 6.45) is 3.73. The minimum Gasteiger partial charge on any atom is -0.381 e. The van der Waals surface area contributed by atoms with Gasteiger partial charge in [-0.3, -0.25) is 4.79 Å². The third kappa shape index (κ3) is 3.87. The SMILES string of the molecule is Cc1ccccc1C1(C(=O)N[C@H]2CCCNC2)CCOCC1.Cl. The van der Waals surface area contributed by atoms with Gasteiger partial charge in [-0.1, -0.05) is 24.3 Å². The quantitative estimate of drug-likeness (QED) is 0.889. The van der Waals surface area contributed by atoms with Crippen LogP contribution in [-0.2, 0) is 14.9 Å². The van der Waals surface area contributed by atoms with Crippen molar-refractivity contribution in [1.82, 2.24) is 10.6 Å². The van der Waals surface area contributed by atoms with Crippen LogP contribution in [0, 0.1) is 6.92 Å². The largest absolute Gasteiger partial charge is 0.381 e. The second kappa shape index (κ2) is 8.13. The summed E-state index contributed by atoms with van der Waals surface area (Å²) in [6.45, 7) is 5.35. The highest BCUT2D eigenvalue weighted by molar-refractivity contribution is 5.89. The fraction of sp³-hybridized carbons (Fsp3) is 0.611. The van der Waals surface area contributed by atoms with Gasteiger partial charge in [0.15, 0.2) is 0 Å². The zero-order valence-electron chi connectivity index (χ0n) is 13.8. The molecule has 4 nitrogen and oxygen atoms in total. The Morgan fingerprint density at radius 3 is 2.70 bits per heavy atom. The first kappa shape index (κ1) is 18.2. The average molecular weight is 339 g/mol. The van der Waals surface area contributed by atoms with Gasteiger partial charge in [-0.25, -0.2) is 0 Å². The topological polar surface area (TPSA) is 50.4 Å². The Morgan fingerprint density at radius 2 is 2.04 bits per heavy atom. The molecule has 1 atom stereocenters. The smallest absolute Gasteiger partial charge is 0.231 e. The first-order valence-corrected chi connectivity index (χ1v) is 8.38. The molecular weight excluding hydrogens is 312 g/mol. The van der Waals surface area contributed by atoms with Crippen LogP contribution in [0.4, 0.5) is 0 Å². The molecule has 1 aromatic rings. The number of nitrogens with one attached hydrogen (secondary N) is 2. The van der Waals surface area contributed by atoms with Crippen LogP contribution in [0.1, 0.15) is 36.8 Å². The van der Waals surface area contributed by atoms with Gasteiger partial charge in [0.25, 0.3) is 0 Å². The maximum absolute atomic E-state index is 13.1. The molecule has 2 heterocycles. The summed E-state index contributed by atoms with van der Waals surface area (Å²) in [5, 5.41) is 6.67. The number of amides is 1. The van der Waals surface area contributed by atoms with Crippen molar-refractivity contribution in [3.8, 4) is 0 Å². The molecule has 0 aromatic heterocycles. The highest BCUT2D eigenvalue weighted by Gasteiger charge is 2.43. The summed E-state index contributed by atoms with van der Waals surface area (Å²) >= 11 is 0. The first-order valence-electron chi connectivity index (χ1n) is 8.38. The molecule has 2 aliphatic rings. The van der Waals surface area contributed by atoms with E-state index >= 15 is 0 Å². The minimum absolute atomic E-state index is 0. The molecule has 3 rings (SSSR count). The number of aryl methyl sites for hydroxylation is 1. The molecule has 0 spiro atoms. The van der Waals surface area contributed by atoms with Crippen LogP contribution in [0.2, 0.25) is 0 Å². The number of hydrogen-bond donors (Lipinski definition) is 2. The lowest BCUT2D eigenvalue weighted by Gasteiger charge is -2.39. The molecule has 1 aromatic carbocycles.